The summed E-state index contributed by atoms with van der Waals surface area (Å²) in [6, 6.07) is 5.37. The van der Waals surface area contributed by atoms with Gasteiger partial charge in [-0.15, -0.1) is 11.3 Å². The highest BCUT2D eigenvalue weighted by Crippen LogP contribution is 2.35. The van der Waals surface area contributed by atoms with Gasteiger partial charge >= 0.3 is 0 Å². The van der Waals surface area contributed by atoms with Crippen molar-refractivity contribution >= 4 is 43.0 Å². The van der Waals surface area contributed by atoms with Gasteiger partial charge in [0.15, 0.2) is 0 Å². The minimum Gasteiger partial charge on any atom is -0.313 e. The van der Waals surface area contributed by atoms with E-state index in [1.807, 2.05) is 19.1 Å². The van der Waals surface area contributed by atoms with Crippen molar-refractivity contribution in [2.75, 3.05) is 19.6 Å². The lowest BCUT2D eigenvalue weighted by Gasteiger charge is -2.15. The van der Waals surface area contributed by atoms with Gasteiger partial charge in [0.2, 0.25) is 10.0 Å². The second-order valence-corrected chi connectivity index (χ2v) is 8.67. The Kier molecular flexibility index (Phi) is 4.56. The SMILES string of the molecule is Cc1sc2ccc(Cl)cc2c1S(=O)(=O)NCC1=CCNCC1. The largest absolute Gasteiger partial charge is 0.313 e. The highest BCUT2D eigenvalue weighted by molar-refractivity contribution is 7.90. The van der Waals surface area contributed by atoms with Crippen LogP contribution in [-0.4, -0.2) is 28.1 Å². The van der Waals surface area contributed by atoms with E-state index in [1.54, 1.807) is 12.1 Å². The molecule has 4 nitrogen and oxygen atoms in total. The average Bonchev–Trinajstić information content (AvgIpc) is 2.82. The van der Waals surface area contributed by atoms with Crippen LogP contribution in [0, 0.1) is 6.92 Å². The third kappa shape index (κ3) is 3.21. The maximum absolute atomic E-state index is 12.7. The molecule has 1 aliphatic rings. The number of hydrogen-bond donors (Lipinski definition) is 2. The van der Waals surface area contributed by atoms with Gasteiger partial charge in [0.1, 0.15) is 4.90 Å². The minimum absolute atomic E-state index is 0.351. The van der Waals surface area contributed by atoms with Crippen molar-refractivity contribution in [3.05, 3.63) is 39.7 Å². The van der Waals surface area contributed by atoms with Gasteiger partial charge in [0.25, 0.3) is 0 Å². The van der Waals surface area contributed by atoms with Gasteiger partial charge in [-0.25, -0.2) is 13.1 Å². The molecule has 1 aromatic heterocycles. The number of thiophene rings is 1. The number of nitrogens with one attached hydrogen (secondary N) is 2. The molecule has 0 radical (unpaired) electrons. The molecule has 1 aliphatic heterocycles. The normalized spacial score (nSPS) is 16.0. The fourth-order valence-corrected chi connectivity index (χ4v) is 5.58. The van der Waals surface area contributed by atoms with Gasteiger partial charge in [-0.05, 0) is 38.1 Å². The van der Waals surface area contributed by atoms with Crippen LogP contribution in [0.2, 0.25) is 5.02 Å². The van der Waals surface area contributed by atoms with Crippen molar-refractivity contribution in [2.24, 2.45) is 0 Å². The third-order valence-corrected chi connectivity index (χ3v) is 6.72. The van der Waals surface area contributed by atoms with Crippen molar-refractivity contribution in [3.63, 3.8) is 0 Å². The lowest BCUT2D eigenvalue weighted by atomic mass is 10.1. The minimum atomic E-state index is -3.55. The van der Waals surface area contributed by atoms with Gasteiger partial charge in [0, 0.05) is 33.1 Å². The molecule has 0 saturated heterocycles. The van der Waals surface area contributed by atoms with E-state index in [4.69, 9.17) is 11.6 Å². The van der Waals surface area contributed by atoms with Gasteiger partial charge in [-0.1, -0.05) is 23.3 Å². The highest BCUT2D eigenvalue weighted by Gasteiger charge is 2.23. The maximum atomic E-state index is 12.7. The van der Waals surface area contributed by atoms with Gasteiger partial charge in [-0.2, -0.15) is 0 Å². The summed E-state index contributed by atoms with van der Waals surface area (Å²) in [6.07, 6.45) is 2.92. The fraction of sp³-hybridized carbons (Fsp3) is 0.333. The summed E-state index contributed by atoms with van der Waals surface area (Å²) in [7, 11) is -3.55. The molecule has 2 heterocycles. The maximum Gasteiger partial charge on any atom is 0.242 e. The van der Waals surface area contributed by atoms with E-state index in [1.165, 1.54) is 11.3 Å². The monoisotopic (exact) mass is 356 g/mol. The zero-order chi connectivity index (χ0) is 15.7. The Bertz CT molecular complexity index is 841. The van der Waals surface area contributed by atoms with Crippen LogP contribution >= 0.6 is 22.9 Å². The topological polar surface area (TPSA) is 58.2 Å². The lowest BCUT2D eigenvalue weighted by Crippen LogP contribution is -2.29. The van der Waals surface area contributed by atoms with Crippen molar-refractivity contribution in [1.29, 1.82) is 0 Å². The first-order valence-electron chi connectivity index (χ1n) is 7.04. The fourth-order valence-electron chi connectivity index (χ4n) is 2.59. The number of aryl methyl sites for hydroxylation is 1. The molecule has 0 bridgehead atoms. The number of halogens is 1. The van der Waals surface area contributed by atoms with E-state index >= 15 is 0 Å². The molecule has 0 aliphatic carbocycles. The van der Waals surface area contributed by atoms with E-state index in [9.17, 15) is 8.42 Å². The molecule has 0 atom stereocenters. The molecule has 0 spiro atoms. The van der Waals surface area contributed by atoms with Crippen LogP contribution in [0.5, 0.6) is 0 Å². The predicted octanol–water partition coefficient (Wildman–Crippen LogP) is 3.06. The smallest absolute Gasteiger partial charge is 0.242 e. The number of hydrogen-bond acceptors (Lipinski definition) is 4. The third-order valence-electron chi connectivity index (χ3n) is 3.68. The first-order chi connectivity index (χ1) is 10.5. The quantitative estimate of drug-likeness (QED) is 0.828. The van der Waals surface area contributed by atoms with Crippen LogP contribution in [-0.2, 0) is 10.0 Å². The van der Waals surface area contributed by atoms with E-state index in [2.05, 4.69) is 10.0 Å². The average molecular weight is 357 g/mol. The molecule has 3 rings (SSSR count). The van der Waals surface area contributed by atoms with Crippen molar-refractivity contribution in [3.8, 4) is 0 Å². The number of fused-ring (bicyclic) bond motifs is 1. The lowest BCUT2D eigenvalue weighted by molar-refractivity contribution is 0.583. The second-order valence-electron chi connectivity index (χ2n) is 5.27. The van der Waals surface area contributed by atoms with Crippen LogP contribution in [0.1, 0.15) is 11.3 Å². The zero-order valence-corrected chi connectivity index (χ0v) is 14.5. The Morgan fingerprint density at radius 1 is 1.41 bits per heavy atom. The zero-order valence-electron chi connectivity index (χ0n) is 12.1. The second kappa shape index (κ2) is 6.29. The Balaban J connectivity index is 1.93. The first-order valence-corrected chi connectivity index (χ1v) is 9.72. The van der Waals surface area contributed by atoms with Gasteiger partial charge in [-0.3, -0.25) is 0 Å². The summed E-state index contributed by atoms with van der Waals surface area (Å²) < 4.78 is 29.0. The van der Waals surface area contributed by atoms with Crippen LogP contribution in [0.25, 0.3) is 10.1 Å². The Labute approximate surface area is 139 Å². The summed E-state index contributed by atoms with van der Waals surface area (Å²) in [4.78, 5) is 1.13. The van der Waals surface area contributed by atoms with Crippen LogP contribution < -0.4 is 10.0 Å². The summed E-state index contributed by atoms with van der Waals surface area (Å²) in [6.45, 7) is 3.88. The van der Waals surface area contributed by atoms with E-state index < -0.39 is 10.0 Å². The Morgan fingerprint density at radius 3 is 2.95 bits per heavy atom. The summed E-state index contributed by atoms with van der Waals surface area (Å²) in [5.41, 5.74) is 1.12. The summed E-state index contributed by atoms with van der Waals surface area (Å²) >= 11 is 7.50. The van der Waals surface area contributed by atoms with Crippen LogP contribution in [0.15, 0.2) is 34.7 Å². The van der Waals surface area contributed by atoms with Gasteiger partial charge < -0.3 is 5.32 Å². The molecule has 0 saturated carbocycles. The van der Waals surface area contributed by atoms with Crippen molar-refractivity contribution in [1.82, 2.24) is 10.0 Å². The molecular formula is C15H17ClN2O2S2. The molecule has 2 N–H and O–H groups in total. The summed E-state index contributed by atoms with van der Waals surface area (Å²) in [5, 5.41) is 4.45. The standard InChI is InChI=1S/C15H17ClN2O2S2/c1-10-15(13-8-12(16)2-3-14(13)21-10)22(19,20)18-9-11-4-6-17-7-5-11/h2-4,8,17-18H,5-7,9H2,1H3. The molecule has 2 aromatic rings. The Morgan fingerprint density at radius 2 is 2.23 bits per heavy atom. The molecular weight excluding hydrogens is 340 g/mol. The molecule has 0 unspecified atom stereocenters. The molecule has 22 heavy (non-hydrogen) atoms. The molecule has 0 amide bonds. The van der Waals surface area contributed by atoms with E-state index in [-0.39, 0.29) is 0 Å². The first kappa shape index (κ1) is 16.0. The molecule has 118 valence electrons. The Hall–Kier alpha value is -0.920. The summed E-state index contributed by atoms with van der Waals surface area (Å²) in [5.74, 6) is 0. The molecule has 7 heteroatoms. The van der Waals surface area contributed by atoms with E-state index in [0.29, 0.717) is 21.8 Å². The van der Waals surface area contributed by atoms with Crippen LogP contribution in [0.3, 0.4) is 0 Å². The van der Waals surface area contributed by atoms with Crippen molar-refractivity contribution in [2.45, 2.75) is 18.2 Å². The number of rotatable bonds is 4. The number of benzene rings is 1. The number of sulfonamides is 1. The molecule has 0 fully saturated rings. The van der Waals surface area contributed by atoms with Crippen molar-refractivity contribution < 1.29 is 8.42 Å². The molecule has 1 aromatic carbocycles. The van der Waals surface area contributed by atoms with Gasteiger partial charge in [0.05, 0.1) is 0 Å². The highest BCUT2D eigenvalue weighted by atomic mass is 35.5. The van der Waals surface area contributed by atoms with Crippen LogP contribution in [0.4, 0.5) is 0 Å². The van der Waals surface area contributed by atoms with E-state index in [0.717, 1.165) is 34.7 Å². The predicted molar refractivity (Wildman–Crippen MR) is 92.3 cm³/mol.